The van der Waals surface area contributed by atoms with Gasteiger partial charge in [-0.15, -0.1) is 10.2 Å². The van der Waals surface area contributed by atoms with Gasteiger partial charge in [0.1, 0.15) is 11.6 Å². The minimum absolute atomic E-state index is 0.280. The van der Waals surface area contributed by atoms with Crippen molar-refractivity contribution in [2.45, 2.75) is 38.1 Å². The smallest absolute Gasteiger partial charge is 0.137 e. The Hall–Kier alpha value is -0.900. The lowest BCUT2D eigenvalue weighted by Crippen LogP contribution is -2.25. The molecule has 2 unspecified atom stereocenters. The summed E-state index contributed by atoms with van der Waals surface area (Å²) in [7, 11) is 2.01. The zero-order valence-electron chi connectivity index (χ0n) is 8.20. The molecule has 72 valence electrons. The predicted octanol–water partition coefficient (Wildman–Crippen LogP) is 0.718. The molecule has 0 aromatic carbocycles. The van der Waals surface area contributed by atoms with Gasteiger partial charge in [0.2, 0.25) is 0 Å². The summed E-state index contributed by atoms with van der Waals surface area (Å²) in [4.78, 5) is 0. The third-order valence-corrected chi connectivity index (χ3v) is 3.03. The zero-order chi connectivity index (χ0) is 9.42. The van der Waals surface area contributed by atoms with Gasteiger partial charge in [0.25, 0.3) is 0 Å². The Bertz CT molecular complexity index is 305. The molecule has 1 aliphatic carbocycles. The van der Waals surface area contributed by atoms with Crippen LogP contribution in [0.25, 0.3) is 0 Å². The van der Waals surface area contributed by atoms with Crippen LogP contribution in [0.4, 0.5) is 0 Å². The molecule has 4 heteroatoms. The number of hydrogen-bond acceptors (Lipinski definition) is 3. The number of nitrogens with zero attached hydrogens (tertiary/aromatic N) is 3. The van der Waals surface area contributed by atoms with Gasteiger partial charge in [0.05, 0.1) is 0 Å². The molecule has 1 saturated carbocycles. The fourth-order valence-corrected chi connectivity index (χ4v) is 2.06. The summed E-state index contributed by atoms with van der Waals surface area (Å²) >= 11 is 0. The summed E-state index contributed by atoms with van der Waals surface area (Å²) in [6.07, 6.45) is 3.50. The van der Waals surface area contributed by atoms with Gasteiger partial charge >= 0.3 is 0 Å². The van der Waals surface area contributed by atoms with E-state index in [0.717, 1.165) is 24.5 Å². The fourth-order valence-electron chi connectivity index (χ4n) is 2.06. The van der Waals surface area contributed by atoms with Crippen molar-refractivity contribution < 1.29 is 0 Å². The second kappa shape index (κ2) is 3.10. The summed E-state index contributed by atoms with van der Waals surface area (Å²) in [6, 6.07) is 0.280. The first-order valence-electron chi connectivity index (χ1n) is 4.81. The summed E-state index contributed by atoms with van der Waals surface area (Å²) in [5.41, 5.74) is 6.01. The van der Waals surface area contributed by atoms with Crippen molar-refractivity contribution in [2.24, 2.45) is 12.8 Å². The van der Waals surface area contributed by atoms with E-state index in [1.807, 2.05) is 14.0 Å². The maximum Gasteiger partial charge on any atom is 0.137 e. The second-order valence-electron chi connectivity index (χ2n) is 3.87. The van der Waals surface area contributed by atoms with Crippen LogP contribution in [-0.2, 0) is 7.05 Å². The highest BCUT2D eigenvalue weighted by atomic mass is 15.3. The van der Waals surface area contributed by atoms with Crippen molar-refractivity contribution in [1.29, 1.82) is 0 Å². The van der Waals surface area contributed by atoms with Crippen LogP contribution in [0.3, 0.4) is 0 Å². The van der Waals surface area contributed by atoms with E-state index < -0.39 is 0 Å². The van der Waals surface area contributed by atoms with Crippen molar-refractivity contribution in [3.8, 4) is 0 Å². The van der Waals surface area contributed by atoms with Gasteiger partial charge in [-0.2, -0.15) is 0 Å². The Kier molecular flexibility index (Phi) is 2.07. The molecule has 2 rings (SSSR count). The molecule has 1 aromatic rings. The van der Waals surface area contributed by atoms with Gasteiger partial charge in [-0.05, 0) is 19.8 Å². The molecular formula is C9H16N4. The molecule has 0 radical (unpaired) electrons. The summed E-state index contributed by atoms with van der Waals surface area (Å²) in [5, 5.41) is 8.23. The standard InChI is InChI=1S/C9H16N4/c1-6-11-12-9(13(6)2)7-4-3-5-8(7)10/h7-8H,3-5,10H2,1-2H3. The first-order valence-corrected chi connectivity index (χ1v) is 4.81. The minimum Gasteiger partial charge on any atom is -0.327 e. The number of rotatable bonds is 1. The molecule has 2 atom stereocenters. The fraction of sp³-hybridized carbons (Fsp3) is 0.778. The topological polar surface area (TPSA) is 56.7 Å². The monoisotopic (exact) mass is 180 g/mol. The number of nitrogens with two attached hydrogens (primary N) is 1. The van der Waals surface area contributed by atoms with Crippen LogP contribution in [0, 0.1) is 6.92 Å². The van der Waals surface area contributed by atoms with Crippen molar-refractivity contribution in [2.75, 3.05) is 0 Å². The van der Waals surface area contributed by atoms with Crippen molar-refractivity contribution in [3.05, 3.63) is 11.6 Å². The number of aromatic nitrogens is 3. The zero-order valence-corrected chi connectivity index (χ0v) is 8.20. The van der Waals surface area contributed by atoms with Crippen molar-refractivity contribution >= 4 is 0 Å². The molecule has 0 aliphatic heterocycles. The highest BCUT2D eigenvalue weighted by Gasteiger charge is 2.29. The Morgan fingerprint density at radius 3 is 2.62 bits per heavy atom. The lowest BCUT2D eigenvalue weighted by atomic mass is 10.0. The molecule has 0 amide bonds. The van der Waals surface area contributed by atoms with Crippen molar-refractivity contribution in [3.63, 3.8) is 0 Å². The Balaban J connectivity index is 2.29. The number of aryl methyl sites for hydroxylation is 1. The third kappa shape index (κ3) is 1.35. The molecular weight excluding hydrogens is 164 g/mol. The predicted molar refractivity (Wildman–Crippen MR) is 50.3 cm³/mol. The van der Waals surface area contributed by atoms with Crippen LogP contribution in [-0.4, -0.2) is 20.8 Å². The molecule has 1 heterocycles. The van der Waals surface area contributed by atoms with Crippen LogP contribution < -0.4 is 5.73 Å². The SMILES string of the molecule is Cc1nnc(C2CCCC2N)n1C. The van der Waals surface area contributed by atoms with Crippen LogP contribution in [0.15, 0.2) is 0 Å². The molecule has 0 saturated heterocycles. The average molecular weight is 180 g/mol. The van der Waals surface area contributed by atoms with E-state index in [-0.39, 0.29) is 6.04 Å². The van der Waals surface area contributed by atoms with Gasteiger partial charge < -0.3 is 10.3 Å². The van der Waals surface area contributed by atoms with Gasteiger partial charge in [-0.3, -0.25) is 0 Å². The maximum atomic E-state index is 6.01. The first-order chi connectivity index (χ1) is 6.20. The molecule has 1 aromatic heterocycles. The van der Waals surface area contributed by atoms with Crippen LogP contribution in [0.2, 0.25) is 0 Å². The largest absolute Gasteiger partial charge is 0.327 e. The van der Waals surface area contributed by atoms with E-state index >= 15 is 0 Å². The Morgan fingerprint density at radius 2 is 2.15 bits per heavy atom. The first kappa shape index (κ1) is 8.69. The molecule has 13 heavy (non-hydrogen) atoms. The van der Waals surface area contributed by atoms with Crippen LogP contribution in [0.1, 0.15) is 36.8 Å². The summed E-state index contributed by atoms with van der Waals surface area (Å²) in [5.74, 6) is 2.45. The van der Waals surface area contributed by atoms with Crippen molar-refractivity contribution in [1.82, 2.24) is 14.8 Å². The molecule has 0 spiro atoms. The molecule has 2 N–H and O–H groups in total. The minimum atomic E-state index is 0.280. The lowest BCUT2D eigenvalue weighted by Gasteiger charge is -2.13. The molecule has 0 bridgehead atoms. The molecule has 1 aliphatic rings. The van der Waals surface area contributed by atoms with Gasteiger partial charge in [0.15, 0.2) is 0 Å². The number of hydrogen-bond donors (Lipinski definition) is 1. The van der Waals surface area contributed by atoms with E-state index in [1.165, 1.54) is 6.42 Å². The van der Waals surface area contributed by atoms with E-state index in [4.69, 9.17) is 5.73 Å². The highest BCUT2D eigenvalue weighted by molar-refractivity contribution is 5.06. The summed E-state index contributed by atoms with van der Waals surface area (Å²) in [6.45, 7) is 1.97. The average Bonchev–Trinajstić information content (AvgIpc) is 2.62. The van der Waals surface area contributed by atoms with E-state index in [1.54, 1.807) is 0 Å². The van der Waals surface area contributed by atoms with Gasteiger partial charge in [0, 0.05) is 19.0 Å². The van der Waals surface area contributed by atoms with E-state index in [9.17, 15) is 0 Å². The molecule has 4 nitrogen and oxygen atoms in total. The Morgan fingerprint density at radius 1 is 1.38 bits per heavy atom. The third-order valence-electron chi connectivity index (χ3n) is 3.03. The Labute approximate surface area is 78.1 Å². The lowest BCUT2D eigenvalue weighted by molar-refractivity contribution is 0.558. The van der Waals surface area contributed by atoms with E-state index in [0.29, 0.717) is 5.92 Å². The molecule has 1 fully saturated rings. The van der Waals surface area contributed by atoms with Crippen LogP contribution in [0.5, 0.6) is 0 Å². The maximum absolute atomic E-state index is 6.01. The van der Waals surface area contributed by atoms with Crippen LogP contribution >= 0.6 is 0 Å². The van der Waals surface area contributed by atoms with Gasteiger partial charge in [-0.1, -0.05) is 6.42 Å². The van der Waals surface area contributed by atoms with E-state index in [2.05, 4.69) is 14.8 Å². The highest BCUT2D eigenvalue weighted by Crippen LogP contribution is 2.31. The van der Waals surface area contributed by atoms with Gasteiger partial charge in [-0.25, -0.2) is 0 Å². The summed E-state index contributed by atoms with van der Waals surface area (Å²) < 4.78 is 2.05. The normalized spacial score (nSPS) is 28.2. The second-order valence-corrected chi connectivity index (χ2v) is 3.87. The quantitative estimate of drug-likeness (QED) is 0.692.